The molecule has 0 fully saturated rings. The van der Waals surface area contributed by atoms with Gasteiger partial charge >= 0.3 is 0 Å². The second-order valence-corrected chi connectivity index (χ2v) is 4.04. The van der Waals surface area contributed by atoms with E-state index in [1.165, 1.54) is 12.5 Å². The Hall–Kier alpha value is -2.11. The molecule has 2 aromatic rings. The SMILES string of the molecule is CCCn1ncnc1CC(=O)c1cnc(C)cn1. The Morgan fingerprint density at radius 3 is 2.78 bits per heavy atom. The molecule has 0 aliphatic carbocycles. The fourth-order valence-corrected chi connectivity index (χ4v) is 1.59. The number of carbonyl (C=O) groups is 1. The average Bonchev–Trinajstić information content (AvgIpc) is 2.78. The van der Waals surface area contributed by atoms with E-state index in [9.17, 15) is 4.79 Å². The number of ketones is 1. The Kier molecular flexibility index (Phi) is 3.76. The van der Waals surface area contributed by atoms with Crippen molar-refractivity contribution in [3.63, 3.8) is 0 Å². The third-order valence-corrected chi connectivity index (χ3v) is 2.52. The van der Waals surface area contributed by atoms with E-state index in [1.54, 1.807) is 10.9 Å². The molecule has 2 aromatic heterocycles. The second kappa shape index (κ2) is 5.48. The Labute approximate surface area is 105 Å². The van der Waals surface area contributed by atoms with Gasteiger partial charge in [-0.2, -0.15) is 5.10 Å². The lowest BCUT2D eigenvalue weighted by Crippen LogP contribution is -2.13. The Bertz CT molecular complexity index is 532. The minimum absolute atomic E-state index is 0.0900. The van der Waals surface area contributed by atoms with Crippen LogP contribution in [0.2, 0.25) is 0 Å². The molecule has 2 rings (SSSR count). The highest BCUT2D eigenvalue weighted by molar-refractivity contribution is 5.95. The number of hydrogen-bond donors (Lipinski definition) is 0. The van der Waals surface area contributed by atoms with E-state index < -0.39 is 0 Å². The Morgan fingerprint density at radius 1 is 1.28 bits per heavy atom. The van der Waals surface area contributed by atoms with Gasteiger partial charge in [-0.1, -0.05) is 6.92 Å². The molecule has 0 atom stereocenters. The highest BCUT2D eigenvalue weighted by Crippen LogP contribution is 2.03. The van der Waals surface area contributed by atoms with Crippen LogP contribution in [0.15, 0.2) is 18.7 Å². The first-order valence-electron chi connectivity index (χ1n) is 5.89. The zero-order valence-electron chi connectivity index (χ0n) is 10.5. The second-order valence-electron chi connectivity index (χ2n) is 4.04. The van der Waals surface area contributed by atoms with Crippen molar-refractivity contribution < 1.29 is 4.79 Å². The summed E-state index contributed by atoms with van der Waals surface area (Å²) in [5.74, 6) is 0.581. The molecule has 0 amide bonds. The molecule has 0 N–H and O–H groups in total. The monoisotopic (exact) mass is 245 g/mol. The molecule has 0 spiro atoms. The molecule has 0 unspecified atom stereocenters. The highest BCUT2D eigenvalue weighted by atomic mass is 16.1. The molecule has 18 heavy (non-hydrogen) atoms. The molecule has 0 aliphatic heterocycles. The number of aromatic nitrogens is 5. The van der Waals surface area contributed by atoms with Crippen molar-refractivity contribution in [1.82, 2.24) is 24.7 Å². The third-order valence-electron chi connectivity index (χ3n) is 2.52. The van der Waals surface area contributed by atoms with Crippen LogP contribution < -0.4 is 0 Å². The van der Waals surface area contributed by atoms with Gasteiger partial charge in [-0.25, -0.2) is 14.6 Å². The number of hydrogen-bond acceptors (Lipinski definition) is 5. The summed E-state index contributed by atoms with van der Waals surface area (Å²) in [6.45, 7) is 4.65. The molecule has 6 nitrogen and oxygen atoms in total. The lowest BCUT2D eigenvalue weighted by Gasteiger charge is -2.03. The van der Waals surface area contributed by atoms with Crippen LogP contribution in [0.1, 0.15) is 35.4 Å². The van der Waals surface area contributed by atoms with Crippen molar-refractivity contribution in [2.75, 3.05) is 0 Å². The summed E-state index contributed by atoms with van der Waals surface area (Å²) in [6.07, 6.45) is 5.72. The summed E-state index contributed by atoms with van der Waals surface area (Å²) in [7, 11) is 0. The first-order chi connectivity index (χ1) is 8.70. The first kappa shape index (κ1) is 12.3. The van der Waals surface area contributed by atoms with Gasteiger partial charge in [0.1, 0.15) is 17.8 Å². The minimum atomic E-state index is -0.0900. The van der Waals surface area contributed by atoms with Gasteiger partial charge < -0.3 is 0 Å². The summed E-state index contributed by atoms with van der Waals surface area (Å²) in [5.41, 5.74) is 1.16. The van der Waals surface area contributed by atoms with E-state index in [1.807, 2.05) is 6.92 Å². The number of carbonyl (C=O) groups excluding carboxylic acids is 1. The van der Waals surface area contributed by atoms with Gasteiger partial charge in [0.25, 0.3) is 0 Å². The fraction of sp³-hybridized carbons (Fsp3) is 0.417. The minimum Gasteiger partial charge on any atom is -0.292 e. The van der Waals surface area contributed by atoms with Gasteiger partial charge in [-0.05, 0) is 13.3 Å². The van der Waals surface area contributed by atoms with Gasteiger partial charge in [0, 0.05) is 12.7 Å². The maximum absolute atomic E-state index is 12.0. The maximum Gasteiger partial charge on any atom is 0.190 e. The van der Waals surface area contributed by atoms with Gasteiger partial charge in [-0.3, -0.25) is 9.78 Å². The van der Waals surface area contributed by atoms with Crippen LogP contribution in [0.3, 0.4) is 0 Å². The normalized spacial score (nSPS) is 10.6. The predicted octanol–water partition coefficient (Wildman–Crippen LogP) is 1.21. The standard InChI is InChI=1S/C12H15N5O/c1-3-4-17-12(15-8-16-17)5-11(18)10-7-13-9(2)6-14-10/h6-8H,3-5H2,1-2H3. The Morgan fingerprint density at radius 2 is 2.11 bits per heavy atom. The van der Waals surface area contributed by atoms with Crippen molar-refractivity contribution >= 4 is 5.78 Å². The number of Topliss-reactive ketones (excluding diaryl/α,β-unsaturated/α-hetero) is 1. The summed E-state index contributed by atoms with van der Waals surface area (Å²) in [4.78, 5) is 24.2. The lowest BCUT2D eigenvalue weighted by molar-refractivity contribution is 0.0984. The van der Waals surface area contributed by atoms with E-state index in [-0.39, 0.29) is 12.2 Å². The van der Waals surface area contributed by atoms with Crippen LogP contribution in [-0.4, -0.2) is 30.5 Å². The summed E-state index contributed by atoms with van der Waals surface area (Å²) < 4.78 is 1.75. The largest absolute Gasteiger partial charge is 0.292 e. The lowest BCUT2D eigenvalue weighted by atomic mass is 10.2. The molecule has 0 aromatic carbocycles. The summed E-state index contributed by atoms with van der Waals surface area (Å²) >= 11 is 0. The summed E-state index contributed by atoms with van der Waals surface area (Å²) in [6, 6.07) is 0. The topological polar surface area (TPSA) is 73.6 Å². The van der Waals surface area contributed by atoms with Gasteiger partial charge in [0.2, 0.25) is 0 Å². The third kappa shape index (κ3) is 2.77. The van der Waals surface area contributed by atoms with E-state index in [0.717, 1.165) is 18.7 Å². The molecular formula is C12H15N5O. The van der Waals surface area contributed by atoms with Crippen molar-refractivity contribution in [2.45, 2.75) is 33.2 Å². The van der Waals surface area contributed by atoms with Crippen LogP contribution in [0.25, 0.3) is 0 Å². The molecule has 2 heterocycles. The fourth-order valence-electron chi connectivity index (χ4n) is 1.59. The van der Waals surface area contributed by atoms with Crippen molar-refractivity contribution in [1.29, 1.82) is 0 Å². The quantitative estimate of drug-likeness (QED) is 0.740. The number of aryl methyl sites for hydroxylation is 2. The molecule has 0 radical (unpaired) electrons. The van der Waals surface area contributed by atoms with Gasteiger partial charge in [0.05, 0.1) is 18.3 Å². The van der Waals surface area contributed by atoms with E-state index in [4.69, 9.17) is 0 Å². The maximum atomic E-state index is 12.0. The average molecular weight is 245 g/mol. The molecule has 0 saturated heterocycles. The molecule has 0 bridgehead atoms. The number of nitrogens with zero attached hydrogens (tertiary/aromatic N) is 5. The van der Waals surface area contributed by atoms with Crippen LogP contribution in [-0.2, 0) is 13.0 Å². The van der Waals surface area contributed by atoms with E-state index >= 15 is 0 Å². The van der Waals surface area contributed by atoms with Crippen LogP contribution >= 0.6 is 0 Å². The molecule has 94 valence electrons. The smallest absolute Gasteiger partial charge is 0.190 e. The van der Waals surface area contributed by atoms with Crippen molar-refractivity contribution in [2.24, 2.45) is 0 Å². The first-order valence-corrected chi connectivity index (χ1v) is 5.89. The predicted molar refractivity (Wildman–Crippen MR) is 65.1 cm³/mol. The Balaban J connectivity index is 2.11. The number of rotatable bonds is 5. The van der Waals surface area contributed by atoms with E-state index in [0.29, 0.717) is 11.5 Å². The van der Waals surface area contributed by atoms with E-state index in [2.05, 4.69) is 27.0 Å². The molecular weight excluding hydrogens is 230 g/mol. The van der Waals surface area contributed by atoms with Crippen molar-refractivity contribution in [3.8, 4) is 0 Å². The molecule has 0 aliphatic rings. The van der Waals surface area contributed by atoms with Gasteiger partial charge in [-0.15, -0.1) is 0 Å². The van der Waals surface area contributed by atoms with Gasteiger partial charge in [0.15, 0.2) is 5.78 Å². The van der Waals surface area contributed by atoms with Crippen LogP contribution in [0, 0.1) is 6.92 Å². The summed E-state index contributed by atoms with van der Waals surface area (Å²) in [5, 5.41) is 4.08. The molecule has 6 heteroatoms. The zero-order chi connectivity index (χ0) is 13.0. The highest BCUT2D eigenvalue weighted by Gasteiger charge is 2.13. The zero-order valence-corrected chi connectivity index (χ0v) is 10.5. The van der Waals surface area contributed by atoms with Crippen LogP contribution in [0.4, 0.5) is 0 Å². The molecule has 0 saturated carbocycles. The van der Waals surface area contributed by atoms with Crippen LogP contribution in [0.5, 0.6) is 0 Å². The van der Waals surface area contributed by atoms with Crippen molar-refractivity contribution in [3.05, 3.63) is 35.9 Å².